The standard InChI is InChI=1S/C57H100N2O6/c1-7-8-9-10-11-12-13-14-15-16-17-18-19-20-21-22-37-63-45-50(44-59-35-39-62-40-36-59)64-42-41-61-38-34-58-55(60)65-49-30-32-56(5)48(43-49)26-27-51-53-29-28-52(47(4)25-23-24-46(2)3)57(53,6)33-31-54(51)56/h11-12,14-15,26,46-47,49-54H,7-10,13,16-25,27-45H2,1-6H3,(H,58,60)/t47-,49+,50?,51+,52-,53+,54+,56+,57-/m1/s1. The van der Waals surface area contributed by atoms with E-state index in [2.05, 4.69) is 82.1 Å². The molecule has 8 nitrogen and oxygen atoms in total. The summed E-state index contributed by atoms with van der Waals surface area (Å²) in [5.41, 5.74) is 2.34. The van der Waals surface area contributed by atoms with Crippen LogP contribution in [0.5, 0.6) is 0 Å². The van der Waals surface area contributed by atoms with Gasteiger partial charge in [0.15, 0.2) is 0 Å². The number of rotatable bonds is 32. The normalized spacial score (nSPS) is 29.2. The number of allylic oxidation sites excluding steroid dienone is 5. The van der Waals surface area contributed by atoms with Crippen molar-refractivity contribution in [2.75, 3.05) is 72.4 Å². The quantitative estimate of drug-likeness (QED) is 0.0532. The van der Waals surface area contributed by atoms with Crippen LogP contribution in [0.25, 0.3) is 0 Å². The van der Waals surface area contributed by atoms with E-state index in [9.17, 15) is 4.79 Å². The van der Waals surface area contributed by atoms with Crippen LogP contribution in [0.15, 0.2) is 36.0 Å². The molecule has 8 heteroatoms. The Hall–Kier alpha value is -1.71. The maximum atomic E-state index is 12.9. The van der Waals surface area contributed by atoms with Crippen LogP contribution < -0.4 is 5.32 Å². The smallest absolute Gasteiger partial charge is 0.407 e. The highest BCUT2D eigenvalue weighted by Gasteiger charge is 2.59. The molecule has 0 bridgehead atoms. The van der Waals surface area contributed by atoms with Gasteiger partial charge in [0.2, 0.25) is 0 Å². The summed E-state index contributed by atoms with van der Waals surface area (Å²) >= 11 is 0. The van der Waals surface area contributed by atoms with Crippen LogP contribution in [0.3, 0.4) is 0 Å². The Kier molecular flexibility index (Phi) is 25.0. The van der Waals surface area contributed by atoms with Gasteiger partial charge in [-0.3, -0.25) is 4.90 Å². The van der Waals surface area contributed by atoms with E-state index in [1.807, 2.05) is 0 Å². The minimum atomic E-state index is -0.316. The van der Waals surface area contributed by atoms with Gasteiger partial charge in [-0.15, -0.1) is 0 Å². The third-order valence-corrected chi connectivity index (χ3v) is 17.0. The van der Waals surface area contributed by atoms with Gasteiger partial charge < -0.3 is 29.0 Å². The Morgan fingerprint density at radius 3 is 2.34 bits per heavy atom. The van der Waals surface area contributed by atoms with Crippen molar-refractivity contribution in [2.45, 2.75) is 201 Å². The number of alkyl carbamates (subject to hydrolysis) is 1. The van der Waals surface area contributed by atoms with Crippen molar-refractivity contribution < 1.29 is 28.5 Å². The van der Waals surface area contributed by atoms with E-state index >= 15 is 0 Å². The summed E-state index contributed by atoms with van der Waals surface area (Å²) in [6, 6.07) is 0. The van der Waals surface area contributed by atoms with E-state index in [4.69, 9.17) is 23.7 Å². The number of amides is 1. The van der Waals surface area contributed by atoms with E-state index in [1.165, 1.54) is 116 Å². The average molecular weight is 909 g/mol. The second-order valence-electron chi connectivity index (χ2n) is 22.2. The van der Waals surface area contributed by atoms with Crippen LogP contribution in [0.2, 0.25) is 0 Å². The van der Waals surface area contributed by atoms with Crippen molar-refractivity contribution in [2.24, 2.45) is 46.3 Å². The van der Waals surface area contributed by atoms with Crippen molar-refractivity contribution >= 4 is 6.09 Å². The van der Waals surface area contributed by atoms with Crippen molar-refractivity contribution in [3.8, 4) is 0 Å². The number of fused-ring (bicyclic) bond motifs is 5. The van der Waals surface area contributed by atoms with E-state index in [0.717, 1.165) is 107 Å². The molecule has 0 radical (unpaired) electrons. The molecular weight excluding hydrogens is 809 g/mol. The first-order chi connectivity index (χ1) is 31.6. The molecule has 9 atom stereocenters. The van der Waals surface area contributed by atoms with Crippen molar-refractivity contribution in [1.29, 1.82) is 0 Å². The van der Waals surface area contributed by atoms with Crippen molar-refractivity contribution in [3.63, 3.8) is 0 Å². The first-order valence-electron chi connectivity index (χ1n) is 27.6. The summed E-state index contributed by atoms with van der Waals surface area (Å²) in [5, 5.41) is 2.96. The molecule has 5 aliphatic rings. The van der Waals surface area contributed by atoms with Gasteiger partial charge in [0.05, 0.1) is 45.7 Å². The molecule has 1 heterocycles. The molecule has 4 fully saturated rings. The molecule has 1 amide bonds. The SMILES string of the molecule is CCCCCC=CCC=CCCCCCCCCOCC(CN1CCOCC1)OCCOCCNC(=O)O[C@H]1CC[C@@]2(C)C(=CC[C@H]3[C@@H]4CC[C@H]([C@H](C)CCCC(C)C)[C@@]4(C)CC[C@@H]32)C1. The summed E-state index contributed by atoms with van der Waals surface area (Å²) in [4.78, 5) is 15.3. The average Bonchev–Trinajstić information content (AvgIpc) is 3.66. The van der Waals surface area contributed by atoms with E-state index in [-0.39, 0.29) is 23.7 Å². The predicted molar refractivity (Wildman–Crippen MR) is 269 cm³/mol. The fourth-order valence-electron chi connectivity index (χ4n) is 13.2. The summed E-state index contributed by atoms with van der Waals surface area (Å²) in [6.07, 6.45) is 40.6. The molecule has 374 valence electrons. The van der Waals surface area contributed by atoms with Gasteiger partial charge in [-0.05, 0) is 130 Å². The number of carbonyl (C=O) groups is 1. The number of ether oxygens (including phenoxy) is 5. The highest BCUT2D eigenvalue weighted by atomic mass is 16.6. The number of nitrogens with zero attached hydrogens (tertiary/aromatic N) is 1. The second kappa shape index (κ2) is 30.0. The van der Waals surface area contributed by atoms with Crippen molar-refractivity contribution in [3.05, 3.63) is 36.0 Å². The molecule has 1 N–H and O–H groups in total. The second-order valence-corrected chi connectivity index (χ2v) is 22.2. The fourth-order valence-corrected chi connectivity index (χ4v) is 13.2. The minimum Gasteiger partial charge on any atom is -0.446 e. The van der Waals surface area contributed by atoms with Gasteiger partial charge in [0, 0.05) is 39.2 Å². The van der Waals surface area contributed by atoms with Gasteiger partial charge in [0.1, 0.15) is 6.10 Å². The number of unbranched alkanes of at least 4 members (excludes halogenated alkanes) is 9. The maximum Gasteiger partial charge on any atom is 0.407 e. The van der Waals surface area contributed by atoms with Crippen LogP contribution in [0.1, 0.15) is 189 Å². The Labute approximate surface area is 399 Å². The fraction of sp³-hybridized carbons (Fsp3) is 0.877. The summed E-state index contributed by atoms with van der Waals surface area (Å²) in [5.74, 6) is 5.02. The van der Waals surface area contributed by atoms with Gasteiger partial charge in [-0.25, -0.2) is 4.79 Å². The summed E-state index contributed by atoms with van der Waals surface area (Å²) in [6.45, 7) is 22.3. The van der Waals surface area contributed by atoms with Gasteiger partial charge in [-0.1, -0.05) is 135 Å². The lowest BCUT2D eigenvalue weighted by molar-refractivity contribution is -0.0622. The Balaban J connectivity index is 0.903. The molecule has 3 saturated carbocycles. The Bertz CT molecular complexity index is 1390. The molecule has 0 aromatic rings. The van der Waals surface area contributed by atoms with Gasteiger partial charge in [-0.2, -0.15) is 0 Å². The molecule has 1 aliphatic heterocycles. The highest BCUT2D eigenvalue weighted by Crippen LogP contribution is 2.67. The topological polar surface area (TPSA) is 78.5 Å². The Morgan fingerprint density at radius 1 is 0.815 bits per heavy atom. The largest absolute Gasteiger partial charge is 0.446 e. The van der Waals surface area contributed by atoms with Crippen LogP contribution in [0.4, 0.5) is 4.79 Å². The number of carbonyl (C=O) groups excluding carboxylic acids is 1. The van der Waals surface area contributed by atoms with E-state index in [0.29, 0.717) is 38.4 Å². The van der Waals surface area contributed by atoms with Crippen molar-refractivity contribution in [1.82, 2.24) is 10.2 Å². The summed E-state index contributed by atoms with van der Waals surface area (Å²) < 4.78 is 29.9. The molecule has 1 saturated heterocycles. The lowest BCUT2D eigenvalue weighted by Crippen LogP contribution is -2.51. The highest BCUT2D eigenvalue weighted by molar-refractivity contribution is 5.67. The summed E-state index contributed by atoms with van der Waals surface area (Å²) in [7, 11) is 0. The Morgan fingerprint density at radius 2 is 1.57 bits per heavy atom. The zero-order valence-corrected chi connectivity index (χ0v) is 42.9. The number of nitrogens with one attached hydrogen (secondary N) is 1. The molecular formula is C57H100N2O6. The first-order valence-corrected chi connectivity index (χ1v) is 27.6. The molecule has 65 heavy (non-hydrogen) atoms. The zero-order chi connectivity index (χ0) is 46.2. The zero-order valence-electron chi connectivity index (χ0n) is 42.9. The molecule has 4 aliphatic carbocycles. The first kappa shape index (κ1) is 54.2. The van der Waals surface area contributed by atoms with Crippen LogP contribution in [-0.2, 0) is 23.7 Å². The third kappa shape index (κ3) is 18.0. The molecule has 0 aromatic heterocycles. The number of hydrogen-bond acceptors (Lipinski definition) is 7. The number of hydrogen-bond donors (Lipinski definition) is 1. The monoisotopic (exact) mass is 909 g/mol. The predicted octanol–water partition coefficient (Wildman–Crippen LogP) is 13.7. The van der Waals surface area contributed by atoms with E-state index < -0.39 is 0 Å². The van der Waals surface area contributed by atoms with Crippen LogP contribution >= 0.6 is 0 Å². The maximum absolute atomic E-state index is 12.9. The van der Waals surface area contributed by atoms with Gasteiger partial charge in [0.25, 0.3) is 0 Å². The molecule has 0 aromatic carbocycles. The molecule has 5 rings (SSSR count). The van der Waals surface area contributed by atoms with E-state index in [1.54, 1.807) is 5.57 Å². The van der Waals surface area contributed by atoms with Crippen LogP contribution in [-0.4, -0.2) is 95.6 Å². The number of morpholine rings is 1. The lowest BCUT2D eigenvalue weighted by Gasteiger charge is -2.58. The molecule has 0 spiro atoms. The molecule has 1 unspecified atom stereocenters. The van der Waals surface area contributed by atoms with Crippen LogP contribution in [0, 0.1) is 46.3 Å². The third-order valence-electron chi connectivity index (χ3n) is 17.0. The van der Waals surface area contributed by atoms with Gasteiger partial charge >= 0.3 is 6.09 Å². The minimum absolute atomic E-state index is 0.00313. The lowest BCUT2D eigenvalue weighted by atomic mass is 9.47.